The second-order valence-electron chi connectivity index (χ2n) is 5.14. The normalized spacial score (nSPS) is 13.0. The van der Waals surface area contributed by atoms with E-state index >= 15 is 0 Å². The molecule has 0 fully saturated rings. The van der Waals surface area contributed by atoms with Crippen molar-refractivity contribution in [2.75, 3.05) is 0 Å². The van der Waals surface area contributed by atoms with Crippen molar-refractivity contribution in [3.05, 3.63) is 29.8 Å². The molecule has 1 aromatic carbocycles. The van der Waals surface area contributed by atoms with Gasteiger partial charge in [0.2, 0.25) is 10.0 Å². The number of nitrogens with two attached hydrogens (primary N) is 1. The van der Waals surface area contributed by atoms with E-state index in [-0.39, 0.29) is 15.9 Å². The molecule has 0 bridgehead atoms. The maximum Gasteiger partial charge on any atom is 0.240 e. The van der Waals surface area contributed by atoms with Crippen LogP contribution >= 0.6 is 12.2 Å². The Labute approximate surface area is 133 Å². The van der Waals surface area contributed by atoms with Gasteiger partial charge in [0.05, 0.1) is 4.90 Å². The van der Waals surface area contributed by atoms with E-state index in [9.17, 15) is 8.42 Å². The quantitative estimate of drug-likeness (QED) is 0.684. The topological polar surface area (TPSA) is 72.2 Å². The lowest BCUT2D eigenvalue weighted by Gasteiger charge is -2.18. The van der Waals surface area contributed by atoms with Gasteiger partial charge < -0.3 is 5.73 Å². The molecular formula is C15H24N2O2S2. The number of sulfonamides is 1. The first-order valence-corrected chi connectivity index (χ1v) is 9.22. The monoisotopic (exact) mass is 328 g/mol. The summed E-state index contributed by atoms with van der Waals surface area (Å²) >= 11 is 4.89. The van der Waals surface area contributed by atoms with E-state index in [1.165, 1.54) is 6.07 Å². The molecule has 3 N–H and O–H groups in total. The highest BCUT2D eigenvalue weighted by Crippen LogP contribution is 2.15. The molecule has 1 aromatic rings. The van der Waals surface area contributed by atoms with E-state index in [1.54, 1.807) is 18.2 Å². The fourth-order valence-corrected chi connectivity index (χ4v) is 3.64. The third-order valence-corrected chi connectivity index (χ3v) is 5.05. The fourth-order valence-electron chi connectivity index (χ4n) is 2.17. The van der Waals surface area contributed by atoms with Crippen LogP contribution in [0.3, 0.4) is 0 Å². The first-order valence-electron chi connectivity index (χ1n) is 7.33. The van der Waals surface area contributed by atoms with Crippen molar-refractivity contribution in [2.45, 2.75) is 56.9 Å². The minimum Gasteiger partial charge on any atom is -0.389 e. The summed E-state index contributed by atoms with van der Waals surface area (Å²) in [6.45, 7) is 4.16. The van der Waals surface area contributed by atoms with Gasteiger partial charge in [0.25, 0.3) is 0 Å². The standard InChI is InChI=1S/C15H24N2O2S2/c1-3-5-9-13(7-4-2)17-21(18,19)14-10-6-8-12(11-14)15(16)20/h6,8,10-11,13,17H,3-5,7,9H2,1-2H3,(H2,16,20). The smallest absolute Gasteiger partial charge is 0.240 e. The van der Waals surface area contributed by atoms with E-state index in [2.05, 4.69) is 18.6 Å². The predicted octanol–water partition coefficient (Wildman–Crippen LogP) is 2.96. The number of nitrogens with one attached hydrogen (secondary N) is 1. The van der Waals surface area contributed by atoms with Crippen LogP contribution in [0.1, 0.15) is 51.5 Å². The van der Waals surface area contributed by atoms with E-state index in [1.807, 2.05) is 0 Å². The first kappa shape index (κ1) is 18.1. The molecule has 0 radical (unpaired) electrons. The maximum atomic E-state index is 12.5. The Kier molecular flexibility index (Phi) is 7.28. The van der Waals surface area contributed by atoms with Crippen molar-refractivity contribution in [1.82, 2.24) is 4.72 Å². The molecular weight excluding hydrogens is 304 g/mol. The Morgan fingerprint density at radius 1 is 1.29 bits per heavy atom. The Morgan fingerprint density at radius 3 is 2.57 bits per heavy atom. The SMILES string of the molecule is CCCCC(CCC)NS(=O)(=O)c1cccc(C(N)=S)c1. The van der Waals surface area contributed by atoms with Crippen molar-refractivity contribution in [3.8, 4) is 0 Å². The van der Waals surface area contributed by atoms with Crippen molar-refractivity contribution >= 4 is 27.2 Å². The highest BCUT2D eigenvalue weighted by Gasteiger charge is 2.19. The molecule has 118 valence electrons. The molecule has 0 amide bonds. The zero-order valence-corrected chi connectivity index (χ0v) is 14.3. The number of rotatable bonds is 9. The average Bonchev–Trinajstić information content (AvgIpc) is 2.45. The summed E-state index contributed by atoms with van der Waals surface area (Å²) in [5, 5.41) is 0. The Balaban J connectivity index is 2.93. The van der Waals surface area contributed by atoms with Gasteiger partial charge in [-0.15, -0.1) is 0 Å². The molecule has 1 rings (SSSR count). The molecule has 4 nitrogen and oxygen atoms in total. The van der Waals surface area contributed by atoms with Gasteiger partial charge >= 0.3 is 0 Å². The Bertz CT molecular complexity index is 571. The lowest BCUT2D eigenvalue weighted by atomic mass is 10.1. The molecule has 0 saturated carbocycles. The van der Waals surface area contributed by atoms with Crippen LogP contribution in [0.2, 0.25) is 0 Å². The van der Waals surface area contributed by atoms with Gasteiger partial charge in [-0.2, -0.15) is 0 Å². The van der Waals surface area contributed by atoms with Crippen LogP contribution in [0.25, 0.3) is 0 Å². The zero-order valence-electron chi connectivity index (χ0n) is 12.6. The average molecular weight is 329 g/mol. The Morgan fingerprint density at radius 2 is 2.00 bits per heavy atom. The van der Waals surface area contributed by atoms with Crippen molar-refractivity contribution in [2.24, 2.45) is 5.73 Å². The second kappa shape index (κ2) is 8.46. The van der Waals surface area contributed by atoms with Crippen LogP contribution in [0.15, 0.2) is 29.2 Å². The summed E-state index contributed by atoms with van der Waals surface area (Å²) in [6, 6.07) is 6.43. The predicted molar refractivity (Wildman–Crippen MR) is 90.9 cm³/mol. The van der Waals surface area contributed by atoms with Crippen LogP contribution in [0.5, 0.6) is 0 Å². The van der Waals surface area contributed by atoms with Gasteiger partial charge in [-0.05, 0) is 25.0 Å². The number of benzene rings is 1. The second-order valence-corrected chi connectivity index (χ2v) is 7.30. The lowest BCUT2D eigenvalue weighted by Crippen LogP contribution is -2.34. The van der Waals surface area contributed by atoms with Crippen molar-refractivity contribution < 1.29 is 8.42 Å². The van der Waals surface area contributed by atoms with E-state index in [4.69, 9.17) is 18.0 Å². The van der Waals surface area contributed by atoms with Crippen LogP contribution in [0.4, 0.5) is 0 Å². The molecule has 0 spiro atoms. The van der Waals surface area contributed by atoms with Crippen LogP contribution in [-0.4, -0.2) is 19.4 Å². The first-order chi connectivity index (χ1) is 9.90. The van der Waals surface area contributed by atoms with Crippen LogP contribution in [0, 0.1) is 0 Å². The molecule has 0 heterocycles. The molecule has 1 unspecified atom stereocenters. The van der Waals surface area contributed by atoms with E-state index in [0.717, 1.165) is 32.1 Å². The summed E-state index contributed by atoms with van der Waals surface area (Å²) in [4.78, 5) is 0.411. The molecule has 0 aliphatic rings. The molecule has 0 aromatic heterocycles. The van der Waals surface area contributed by atoms with Gasteiger partial charge in [0, 0.05) is 11.6 Å². The summed E-state index contributed by atoms with van der Waals surface area (Å²) in [5.74, 6) is 0. The van der Waals surface area contributed by atoms with Gasteiger partial charge in [-0.3, -0.25) is 0 Å². The highest BCUT2D eigenvalue weighted by molar-refractivity contribution is 7.89. The summed E-state index contributed by atoms with van der Waals surface area (Å²) < 4.78 is 27.7. The van der Waals surface area contributed by atoms with Crippen LogP contribution < -0.4 is 10.5 Å². The van der Waals surface area contributed by atoms with Crippen molar-refractivity contribution in [1.29, 1.82) is 0 Å². The van der Waals surface area contributed by atoms with Gasteiger partial charge in [-0.25, -0.2) is 13.1 Å². The van der Waals surface area contributed by atoms with Gasteiger partial charge in [0.15, 0.2) is 0 Å². The number of unbranched alkanes of at least 4 members (excludes halogenated alkanes) is 1. The zero-order chi connectivity index (χ0) is 15.9. The lowest BCUT2D eigenvalue weighted by molar-refractivity contribution is 0.483. The molecule has 1 atom stereocenters. The molecule has 6 heteroatoms. The van der Waals surface area contributed by atoms with Crippen molar-refractivity contribution in [3.63, 3.8) is 0 Å². The van der Waals surface area contributed by atoms with Crippen LogP contribution in [-0.2, 0) is 10.0 Å². The molecule has 0 aliphatic carbocycles. The maximum absolute atomic E-state index is 12.5. The number of hydrogen-bond acceptors (Lipinski definition) is 3. The molecule has 0 saturated heterocycles. The van der Waals surface area contributed by atoms with Gasteiger partial charge in [-0.1, -0.05) is 57.5 Å². The largest absolute Gasteiger partial charge is 0.389 e. The fraction of sp³-hybridized carbons (Fsp3) is 0.533. The van der Waals surface area contributed by atoms with Gasteiger partial charge in [0.1, 0.15) is 4.99 Å². The number of thiocarbonyl (C=S) groups is 1. The minimum absolute atomic E-state index is 0.0200. The third kappa shape index (κ3) is 5.73. The number of hydrogen-bond donors (Lipinski definition) is 2. The Hall–Kier alpha value is -0.980. The summed E-state index contributed by atoms with van der Waals surface area (Å²) in [5.41, 5.74) is 6.12. The highest BCUT2D eigenvalue weighted by atomic mass is 32.2. The molecule has 21 heavy (non-hydrogen) atoms. The van der Waals surface area contributed by atoms with E-state index in [0.29, 0.717) is 5.56 Å². The third-order valence-electron chi connectivity index (χ3n) is 3.29. The summed E-state index contributed by atoms with van der Waals surface area (Å²) in [6.07, 6.45) is 4.72. The molecule has 0 aliphatic heterocycles. The minimum atomic E-state index is -3.53. The summed E-state index contributed by atoms with van der Waals surface area (Å²) in [7, 11) is -3.53. The van der Waals surface area contributed by atoms with E-state index < -0.39 is 10.0 Å².